The molecule has 0 nitrogen and oxygen atoms in total. The van der Waals surface area contributed by atoms with Crippen LogP contribution < -0.4 is 0 Å². The highest BCUT2D eigenvalue weighted by Gasteiger charge is 2.29. The monoisotopic (exact) mass is 1480 g/mol. The quantitative estimate of drug-likeness (QED) is 0.0336. The minimum absolute atomic E-state index is 0.202. The maximum Gasteiger partial charge on any atom is 0.0484 e. The Labute approximate surface area is 641 Å². The van der Waals surface area contributed by atoms with Crippen LogP contribution in [-0.2, 0) is 58.2 Å². The molecule has 7 heterocycles. The Morgan fingerprint density at radius 2 is 0.333 bits per heavy atom. The van der Waals surface area contributed by atoms with Crippen LogP contribution in [0.2, 0.25) is 0 Å². The van der Waals surface area contributed by atoms with E-state index in [-0.39, 0.29) is 21.7 Å². The predicted molar refractivity (Wildman–Crippen MR) is 464 cm³/mol. The molecular formula is C92H148S7. The molecule has 0 N–H and O–H groups in total. The van der Waals surface area contributed by atoms with Gasteiger partial charge in [0.1, 0.15) is 0 Å². The summed E-state index contributed by atoms with van der Waals surface area (Å²) in [6, 6.07) is 23.9. The van der Waals surface area contributed by atoms with Crippen molar-refractivity contribution in [2.45, 2.75) is 416 Å². The summed E-state index contributed by atoms with van der Waals surface area (Å²) >= 11 is 14.3. The molecule has 7 aromatic heterocycles. The SMILES string of the molecule is CC(C)(C)c1ccc(C(C)(C)C)s1.CCCCCCCCCCCCc1c(-c2ccc(C(C)(C)C)s2)sc(-c2ccc(C(C)(C)C)s2)c1CCCCCCCCCCCC.CCCCCCCCc1c(-c2ccc(C(C)(C)C)s2)sc(-c2ccc(C(C)(C)C)s2)c1CCCCCCCC. The predicted octanol–water partition coefficient (Wildman–Crippen LogP) is 34.7. The van der Waals surface area contributed by atoms with Gasteiger partial charge in [-0.25, -0.2) is 0 Å². The van der Waals surface area contributed by atoms with Gasteiger partial charge in [0, 0.05) is 68.3 Å². The summed E-state index contributed by atoms with van der Waals surface area (Å²) in [6.45, 7) is 51.2. The molecule has 0 saturated carbocycles. The van der Waals surface area contributed by atoms with Gasteiger partial charge in [0.25, 0.3) is 0 Å². The summed E-state index contributed by atoms with van der Waals surface area (Å²) < 4.78 is 0. The van der Waals surface area contributed by atoms with E-state index in [0.29, 0.717) is 10.8 Å². The summed E-state index contributed by atoms with van der Waals surface area (Å²) in [6.07, 6.45) is 49.4. The van der Waals surface area contributed by atoms with Crippen LogP contribution in [0.15, 0.2) is 60.7 Å². The molecule has 7 rings (SSSR count). The van der Waals surface area contributed by atoms with Gasteiger partial charge in [-0.15, -0.1) is 79.4 Å². The van der Waals surface area contributed by atoms with Gasteiger partial charge in [0.05, 0.1) is 0 Å². The van der Waals surface area contributed by atoms with Crippen molar-refractivity contribution in [1.29, 1.82) is 0 Å². The fraction of sp³-hybridized carbons (Fsp3) is 0.696. The largest absolute Gasteiger partial charge is 0.144 e. The fourth-order valence-electron chi connectivity index (χ4n) is 13.2. The van der Waals surface area contributed by atoms with Gasteiger partial charge in [-0.1, -0.05) is 332 Å². The maximum absolute atomic E-state index is 2.45. The van der Waals surface area contributed by atoms with E-state index in [0.717, 1.165) is 0 Å². The van der Waals surface area contributed by atoms with E-state index in [9.17, 15) is 0 Å². The highest BCUT2D eigenvalue weighted by Crippen LogP contribution is 2.52. The lowest BCUT2D eigenvalue weighted by atomic mass is 9.93. The first-order valence-electron chi connectivity index (χ1n) is 40.7. The minimum Gasteiger partial charge on any atom is -0.144 e. The van der Waals surface area contributed by atoms with Crippen LogP contribution in [0.25, 0.3) is 39.0 Å². The molecule has 0 fully saturated rings. The van der Waals surface area contributed by atoms with Gasteiger partial charge in [-0.3, -0.25) is 0 Å². The number of thiophene rings is 7. The average Bonchev–Trinajstić information content (AvgIpc) is 1.62. The van der Waals surface area contributed by atoms with E-state index in [4.69, 9.17) is 0 Å². The molecule has 0 unspecified atom stereocenters. The van der Waals surface area contributed by atoms with Crippen LogP contribution in [0.1, 0.15) is 409 Å². The van der Waals surface area contributed by atoms with Crippen LogP contribution in [0.4, 0.5) is 0 Å². The van der Waals surface area contributed by atoms with E-state index in [1.165, 1.54) is 280 Å². The standard InChI is InChI=1S/C44H72S3.C36H56S3.C12H20S/c1-9-11-13-15-17-19-21-23-25-27-29-35-36(30-28-26-24-22-20-18-16-14-12-10-2)42(38-32-34-40(46-38)44(6,7)8)47-41(35)37-31-33-39(45-37)43(3,4)5;1-9-11-13-15-17-19-21-27-28(22-20-18-16-14-12-10-2)34(30-24-26-32(38-30)36(6,7)8)39-33(27)29-23-25-31(37-29)35(3,4)5;1-11(2,3)9-7-8-10(13-9)12(4,5)6/h31-34H,9-30H2,1-8H3;23-26H,9-22H2,1-8H3;7-8H,1-6H3. The summed E-state index contributed by atoms with van der Waals surface area (Å²) in [5.41, 5.74) is 8.20. The zero-order chi connectivity index (χ0) is 72.9. The Balaban J connectivity index is 0.000000305. The van der Waals surface area contributed by atoms with E-state index in [1.54, 1.807) is 41.8 Å². The van der Waals surface area contributed by atoms with Crippen molar-refractivity contribution in [3.63, 3.8) is 0 Å². The van der Waals surface area contributed by atoms with Crippen molar-refractivity contribution in [2.24, 2.45) is 0 Å². The summed E-state index contributed by atoms with van der Waals surface area (Å²) in [7, 11) is 0. The molecule has 0 aromatic carbocycles. The van der Waals surface area contributed by atoms with E-state index < -0.39 is 0 Å². The lowest BCUT2D eigenvalue weighted by Gasteiger charge is -2.18. The summed E-state index contributed by atoms with van der Waals surface area (Å²) in [5, 5.41) is 0. The van der Waals surface area contributed by atoms with E-state index in [1.807, 2.05) is 34.0 Å². The number of hydrogen-bond donors (Lipinski definition) is 0. The highest BCUT2D eigenvalue weighted by atomic mass is 32.1. The van der Waals surface area contributed by atoms with E-state index in [2.05, 4.69) is 258 Å². The number of hydrogen-bond acceptors (Lipinski definition) is 7. The molecular weight excluding hydrogens is 1330 g/mol. The molecule has 0 bridgehead atoms. The molecule has 0 atom stereocenters. The molecule has 558 valence electrons. The van der Waals surface area contributed by atoms with Gasteiger partial charge in [-0.05, 0) is 167 Å². The molecule has 0 aliphatic rings. The van der Waals surface area contributed by atoms with Crippen molar-refractivity contribution in [2.75, 3.05) is 0 Å². The van der Waals surface area contributed by atoms with Crippen molar-refractivity contribution in [1.82, 2.24) is 0 Å². The fourth-order valence-corrected chi connectivity index (χ4v) is 21.9. The lowest BCUT2D eigenvalue weighted by molar-refractivity contribution is 0.553. The highest BCUT2D eigenvalue weighted by molar-refractivity contribution is 7.27. The second-order valence-electron chi connectivity index (χ2n) is 35.7. The Morgan fingerprint density at radius 1 is 0.182 bits per heavy atom. The summed E-state index contributed by atoms with van der Waals surface area (Å²) in [4.78, 5) is 21.3. The van der Waals surface area contributed by atoms with Crippen molar-refractivity contribution < 1.29 is 0 Å². The van der Waals surface area contributed by atoms with Gasteiger partial charge in [0.2, 0.25) is 0 Å². The van der Waals surface area contributed by atoms with Crippen LogP contribution in [0, 0.1) is 0 Å². The van der Waals surface area contributed by atoms with Crippen LogP contribution in [-0.4, -0.2) is 0 Å². The zero-order valence-electron chi connectivity index (χ0n) is 68.1. The smallest absolute Gasteiger partial charge is 0.0484 e. The Hall–Kier alpha value is -2.10. The number of unbranched alkanes of at least 4 members (excludes halogenated alkanes) is 28. The molecule has 0 spiro atoms. The molecule has 0 aliphatic heterocycles. The minimum atomic E-state index is 0.202. The van der Waals surface area contributed by atoms with Crippen molar-refractivity contribution >= 4 is 79.4 Å². The molecule has 7 heteroatoms. The third kappa shape index (κ3) is 30.4. The zero-order valence-corrected chi connectivity index (χ0v) is 73.8. The molecule has 0 saturated heterocycles. The molecule has 0 amide bonds. The number of rotatable bonds is 40. The van der Waals surface area contributed by atoms with Crippen LogP contribution in [0.5, 0.6) is 0 Å². The van der Waals surface area contributed by atoms with Crippen LogP contribution >= 0.6 is 79.4 Å². The lowest BCUT2D eigenvalue weighted by Crippen LogP contribution is -2.09. The second-order valence-corrected chi connectivity index (χ2v) is 43.1. The van der Waals surface area contributed by atoms with Crippen molar-refractivity contribution in [3.05, 3.63) is 112 Å². The normalized spacial score (nSPS) is 12.6. The Kier molecular flexibility index (Phi) is 38.5. The third-order valence-electron chi connectivity index (χ3n) is 19.7. The summed E-state index contributed by atoms with van der Waals surface area (Å²) in [5.74, 6) is 0. The maximum atomic E-state index is 2.45. The molecule has 0 aliphatic carbocycles. The molecule has 99 heavy (non-hydrogen) atoms. The molecule has 0 radical (unpaired) electrons. The van der Waals surface area contributed by atoms with Gasteiger partial charge < -0.3 is 0 Å². The topological polar surface area (TPSA) is 0 Å². The Morgan fingerprint density at radius 3 is 0.485 bits per heavy atom. The van der Waals surface area contributed by atoms with Gasteiger partial charge in [-0.2, -0.15) is 0 Å². The van der Waals surface area contributed by atoms with E-state index >= 15 is 0 Å². The van der Waals surface area contributed by atoms with Gasteiger partial charge >= 0.3 is 0 Å². The molecule has 7 aromatic rings. The van der Waals surface area contributed by atoms with Gasteiger partial charge in [0.15, 0.2) is 0 Å². The van der Waals surface area contributed by atoms with Crippen LogP contribution in [0.3, 0.4) is 0 Å². The third-order valence-corrected chi connectivity index (χ3v) is 31.0. The average molecular weight is 1480 g/mol. The first-order valence-corrected chi connectivity index (χ1v) is 46.4. The second kappa shape index (κ2) is 43.5. The Bertz CT molecular complexity index is 3050. The first kappa shape index (κ1) is 87.5. The van der Waals surface area contributed by atoms with Crippen molar-refractivity contribution in [3.8, 4) is 39.0 Å². The first-order chi connectivity index (χ1) is 46.8.